The number of carbonyl (C=O) groups excluding carboxylic acids is 1. The number of rotatable bonds is 5. The highest BCUT2D eigenvalue weighted by Crippen LogP contribution is 2.25. The summed E-state index contributed by atoms with van der Waals surface area (Å²) in [6.45, 7) is 4.80. The quantitative estimate of drug-likeness (QED) is 0.756. The number of H-pyrrole nitrogens is 1. The van der Waals surface area contributed by atoms with Gasteiger partial charge in [-0.25, -0.2) is 0 Å². The van der Waals surface area contributed by atoms with Crippen LogP contribution in [0.4, 0.5) is 0 Å². The molecule has 0 radical (unpaired) electrons. The molecule has 1 amide bonds. The SMILES string of the molecule is Cc1[nH]c2c(C(=O)N(CCO)Cc3ccccc3)cccc2c1C. The van der Waals surface area contributed by atoms with Crippen LogP contribution < -0.4 is 0 Å². The van der Waals surface area contributed by atoms with Gasteiger partial charge in [-0.2, -0.15) is 0 Å². The van der Waals surface area contributed by atoms with Gasteiger partial charge in [0.1, 0.15) is 0 Å². The van der Waals surface area contributed by atoms with Gasteiger partial charge in [-0.3, -0.25) is 4.79 Å². The number of benzene rings is 2. The van der Waals surface area contributed by atoms with Gasteiger partial charge >= 0.3 is 0 Å². The van der Waals surface area contributed by atoms with Crippen LogP contribution in [0.25, 0.3) is 10.9 Å². The minimum atomic E-state index is -0.0697. The Hall–Kier alpha value is -2.59. The van der Waals surface area contributed by atoms with E-state index in [1.165, 1.54) is 0 Å². The average Bonchev–Trinajstić information content (AvgIpc) is 2.89. The van der Waals surface area contributed by atoms with E-state index in [0.717, 1.165) is 27.7 Å². The summed E-state index contributed by atoms with van der Waals surface area (Å²) in [6.07, 6.45) is 0. The fourth-order valence-corrected chi connectivity index (χ4v) is 3.01. The normalized spacial score (nSPS) is 11.0. The van der Waals surface area contributed by atoms with Crippen LogP contribution in [0.5, 0.6) is 0 Å². The van der Waals surface area contributed by atoms with Crippen molar-refractivity contribution in [3.8, 4) is 0 Å². The first-order chi connectivity index (χ1) is 11.6. The summed E-state index contributed by atoms with van der Waals surface area (Å²) < 4.78 is 0. The molecule has 24 heavy (non-hydrogen) atoms. The van der Waals surface area contributed by atoms with Crippen LogP contribution in [0.15, 0.2) is 48.5 Å². The van der Waals surface area contributed by atoms with Crippen molar-refractivity contribution in [2.45, 2.75) is 20.4 Å². The summed E-state index contributed by atoms with van der Waals surface area (Å²) in [5.74, 6) is -0.0697. The monoisotopic (exact) mass is 322 g/mol. The van der Waals surface area contributed by atoms with Crippen molar-refractivity contribution in [3.63, 3.8) is 0 Å². The van der Waals surface area contributed by atoms with Crippen LogP contribution in [0.1, 0.15) is 27.2 Å². The number of nitrogens with one attached hydrogen (secondary N) is 1. The van der Waals surface area contributed by atoms with Gasteiger partial charge in [0, 0.05) is 24.2 Å². The lowest BCUT2D eigenvalue weighted by atomic mass is 10.1. The highest BCUT2D eigenvalue weighted by molar-refractivity contribution is 6.06. The third-order valence-corrected chi connectivity index (χ3v) is 4.45. The number of aromatic amines is 1. The molecular weight excluding hydrogens is 300 g/mol. The summed E-state index contributed by atoms with van der Waals surface area (Å²) in [7, 11) is 0. The lowest BCUT2D eigenvalue weighted by Crippen LogP contribution is -2.33. The zero-order chi connectivity index (χ0) is 17.1. The smallest absolute Gasteiger partial charge is 0.256 e. The number of hydrogen-bond acceptors (Lipinski definition) is 2. The maximum Gasteiger partial charge on any atom is 0.256 e. The molecule has 2 aromatic carbocycles. The Morgan fingerprint density at radius 1 is 1.08 bits per heavy atom. The molecule has 0 saturated carbocycles. The summed E-state index contributed by atoms with van der Waals surface area (Å²) in [5, 5.41) is 10.4. The van der Waals surface area contributed by atoms with Crippen LogP contribution >= 0.6 is 0 Å². The van der Waals surface area contributed by atoms with Crippen LogP contribution in [-0.4, -0.2) is 34.0 Å². The Balaban J connectivity index is 1.97. The predicted molar refractivity (Wildman–Crippen MR) is 96.0 cm³/mol. The van der Waals surface area contributed by atoms with E-state index in [1.54, 1.807) is 4.90 Å². The topological polar surface area (TPSA) is 56.3 Å². The van der Waals surface area contributed by atoms with E-state index in [0.29, 0.717) is 18.7 Å². The van der Waals surface area contributed by atoms with Gasteiger partial charge in [0.15, 0.2) is 0 Å². The summed E-state index contributed by atoms with van der Waals surface area (Å²) >= 11 is 0. The van der Waals surface area contributed by atoms with Crippen LogP contribution in [0.2, 0.25) is 0 Å². The molecule has 0 spiro atoms. The van der Waals surface area contributed by atoms with E-state index in [-0.39, 0.29) is 12.5 Å². The number of aromatic nitrogens is 1. The number of hydrogen-bond donors (Lipinski definition) is 2. The second-order valence-electron chi connectivity index (χ2n) is 6.04. The zero-order valence-electron chi connectivity index (χ0n) is 14.0. The summed E-state index contributed by atoms with van der Waals surface area (Å²) in [4.78, 5) is 18.1. The van der Waals surface area contributed by atoms with E-state index in [2.05, 4.69) is 11.9 Å². The minimum Gasteiger partial charge on any atom is -0.395 e. The minimum absolute atomic E-state index is 0.0582. The second-order valence-corrected chi connectivity index (χ2v) is 6.04. The Labute approximate surface area is 141 Å². The number of aliphatic hydroxyl groups excluding tert-OH is 1. The molecule has 0 aliphatic heterocycles. The number of fused-ring (bicyclic) bond motifs is 1. The third-order valence-electron chi connectivity index (χ3n) is 4.45. The molecule has 3 aromatic rings. The maximum absolute atomic E-state index is 13.1. The van der Waals surface area contributed by atoms with Gasteiger partial charge in [0.05, 0.1) is 17.7 Å². The molecule has 3 rings (SSSR count). The molecule has 0 unspecified atom stereocenters. The van der Waals surface area contributed by atoms with Crippen molar-refractivity contribution >= 4 is 16.8 Å². The predicted octanol–water partition coefficient (Wildman–Crippen LogP) is 3.42. The lowest BCUT2D eigenvalue weighted by Gasteiger charge is -2.22. The van der Waals surface area contributed by atoms with Crippen molar-refractivity contribution in [2.75, 3.05) is 13.2 Å². The molecule has 0 saturated heterocycles. The van der Waals surface area contributed by atoms with Crippen molar-refractivity contribution < 1.29 is 9.90 Å². The average molecular weight is 322 g/mol. The molecule has 0 bridgehead atoms. The fourth-order valence-electron chi connectivity index (χ4n) is 3.01. The van der Waals surface area contributed by atoms with E-state index >= 15 is 0 Å². The van der Waals surface area contributed by atoms with Crippen LogP contribution in [0, 0.1) is 13.8 Å². The van der Waals surface area contributed by atoms with Crippen molar-refractivity contribution in [1.82, 2.24) is 9.88 Å². The van der Waals surface area contributed by atoms with E-state index in [9.17, 15) is 9.90 Å². The standard InChI is InChI=1S/C20H22N2O2/c1-14-15(2)21-19-17(14)9-6-10-18(19)20(24)22(11-12-23)13-16-7-4-3-5-8-16/h3-10,21,23H,11-13H2,1-2H3. The lowest BCUT2D eigenvalue weighted by molar-refractivity contribution is 0.0709. The Morgan fingerprint density at radius 2 is 1.83 bits per heavy atom. The number of aryl methyl sites for hydroxylation is 2. The van der Waals surface area contributed by atoms with E-state index in [4.69, 9.17) is 0 Å². The largest absolute Gasteiger partial charge is 0.395 e. The Morgan fingerprint density at radius 3 is 2.54 bits per heavy atom. The molecular formula is C20H22N2O2. The van der Waals surface area contributed by atoms with Gasteiger partial charge in [-0.1, -0.05) is 42.5 Å². The van der Waals surface area contributed by atoms with E-state index < -0.39 is 0 Å². The highest BCUT2D eigenvalue weighted by Gasteiger charge is 2.19. The molecule has 0 fully saturated rings. The summed E-state index contributed by atoms with van der Waals surface area (Å²) in [6, 6.07) is 15.6. The second kappa shape index (κ2) is 6.89. The molecule has 0 aliphatic rings. The molecule has 124 valence electrons. The number of nitrogens with zero attached hydrogens (tertiary/aromatic N) is 1. The van der Waals surface area contributed by atoms with Gasteiger partial charge in [0.25, 0.3) is 5.91 Å². The number of amides is 1. The van der Waals surface area contributed by atoms with Crippen molar-refractivity contribution in [1.29, 1.82) is 0 Å². The van der Waals surface area contributed by atoms with Gasteiger partial charge in [-0.05, 0) is 31.0 Å². The van der Waals surface area contributed by atoms with Gasteiger partial charge in [-0.15, -0.1) is 0 Å². The molecule has 0 aliphatic carbocycles. The number of para-hydroxylation sites is 1. The molecule has 0 atom stereocenters. The Kier molecular flexibility index (Phi) is 4.67. The molecule has 2 N–H and O–H groups in total. The van der Waals surface area contributed by atoms with Crippen molar-refractivity contribution in [3.05, 3.63) is 70.9 Å². The number of carbonyl (C=O) groups is 1. The molecule has 1 heterocycles. The number of aliphatic hydroxyl groups is 1. The molecule has 4 nitrogen and oxygen atoms in total. The van der Waals surface area contributed by atoms with Gasteiger partial charge < -0.3 is 15.0 Å². The van der Waals surface area contributed by atoms with E-state index in [1.807, 2.05) is 55.5 Å². The van der Waals surface area contributed by atoms with Crippen molar-refractivity contribution in [2.24, 2.45) is 0 Å². The zero-order valence-corrected chi connectivity index (χ0v) is 14.0. The third kappa shape index (κ3) is 3.05. The highest BCUT2D eigenvalue weighted by atomic mass is 16.3. The fraction of sp³-hybridized carbons (Fsp3) is 0.250. The molecule has 4 heteroatoms. The first-order valence-electron chi connectivity index (χ1n) is 8.13. The summed E-state index contributed by atoms with van der Waals surface area (Å²) in [5.41, 5.74) is 4.80. The van der Waals surface area contributed by atoms with Crippen LogP contribution in [-0.2, 0) is 6.54 Å². The molecule has 1 aromatic heterocycles. The van der Waals surface area contributed by atoms with Crippen LogP contribution in [0.3, 0.4) is 0 Å². The Bertz CT molecular complexity index is 853. The maximum atomic E-state index is 13.1. The first kappa shape index (κ1) is 16.3. The van der Waals surface area contributed by atoms with Gasteiger partial charge in [0.2, 0.25) is 0 Å². The first-order valence-corrected chi connectivity index (χ1v) is 8.13.